The van der Waals surface area contributed by atoms with Crippen molar-refractivity contribution in [3.63, 3.8) is 0 Å². The van der Waals surface area contributed by atoms with Gasteiger partial charge in [0.25, 0.3) is 0 Å². The summed E-state index contributed by atoms with van der Waals surface area (Å²) in [5.41, 5.74) is 0.321. The Morgan fingerprint density at radius 1 is 1.21 bits per heavy atom. The molecule has 7 nitrogen and oxygen atoms in total. The lowest BCUT2D eigenvalue weighted by atomic mass is 10.1. The molecule has 1 saturated carbocycles. The minimum atomic E-state index is -3.08. The van der Waals surface area contributed by atoms with Crippen molar-refractivity contribution in [2.75, 3.05) is 17.3 Å². The number of rotatable bonds is 6. The van der Waals surface area contributed by atoms with Gasteiger partial charge in [-0.1, -0.05) is 36.7 Å². The molecule has 1 amide bonds. The highest BCUT2D eigenvalue weighted by Crippen LogP contribution is 2.30. The molecule has 0 bridgehead atoms. The number of nitrogens with zero attached hydrogens (tertiary/aromatic N) is 4. The number of carbonyl (C=O) groups excluding carboxylic acids is 1. The van der Waals surface area contributed by atoms with E-state index in [1.165, 1.54) is 28.7 Å². The SMILES string of the molecule is O=C(CSc1nncn1-c1ccccc1F)N(C1CCCC1)[C@@H]1CCS(=O)(=O)C1. The van der Waals surface area contributed by atoms with E-state index in [-0.39, 0.29) is 35.2 Å². The van der Waals surface area contributed by atoms with Gasteiger partial charge in [0, 0.05) is 12.1 Å². The number of amides is 1. The summed E-state index contributed by atoms with van der Waals surface area (Å²) >= 11 is 1.19. The third kappa shape index (κ3) is 4.48. The van der Waals surface area contributed by atoms with Gasteiger partial charge >= 0.3 is 0 Å². The van der Waals surface area contributed by atoms with Crippen molar-refractivity contribution in [2.45, 2.75) is 49.3 Å². The first kappa shape index (κ1) is 20.3. The molecule has 1 aliphatic carbocycles. The van der Waals surface area contributed by atoms with Crippen molar-refractivity contribution in [3.8, 4) is 5.69 Å². The van der Waals surface area contributed by atoms with Gasteiger partial charge in [0.05, 0.1) is 22.9 Å². The highest BCUT2D eigenvalue weighted by atomic mass is 32.2. The first-order valence-electron chi connectivity index (χ1n) is 9.74. The van der Waals surface area contributed by atoms with Gasteiger partial charge in [-0.15, -0.1) is 10.2 Å². The van der Waals surface area contributed by atoms with Gasteiger partial charge < -0.3 is 4.90 Å². The number of aromatic nitrogens is 3. The van der Waals surface area contributed by atoms with Crippen LogP contribution in [-0.2, 0) is 14.6 Å². The van der Waals surface area contributed by atoms with Crippen molar-refractivity contribution in [1.29, 1.82) is 0 Å². The Kier molecular flexibility index (Phi) is 5.91. The van der Waals surface area contributed by atoms with Crippen molar-refractivity contribution >= 4 is 27.5 Å². The van der Waals surface area contributed by atoms with Crippen LogP contribution in [0.3, 0.4) is 0 Å². The largest absolute Gasteiger partial charge is 0.335 e. The van der Waals surface area contributed by atoms with Gasteiger partial charge in [-0.2, -0.15) is 0 Å². The summed E-state index contributed by atoms with van der Waals surface area (Å²) in [5.74, 6) is -0.190. The summed E-state index contributed by atoms with van der Waals surface area (Å²) in [7, 11) is -3.08. The quantitative estimate of drug-likeness (QED) is 0.644. The number of carbonyl (C=O) groups is 1. The number of benzene rings is 1. The second-order valence-corrected chi connectivity index (χ2v) is 10.7. The molecule has 156 valence electrons. The molecule has 4 rings (SSSR count). The predicted octanol–water partition coefficient (Wildman–Crippen LogP) is 2.46. The van der Waals surface area contributed by atoms with E-state index >= 15 is 0 Å². The maximum Gasteiger partial charge on any atom is 0.233 e. The summed E-state index contributed by atoms with van der Waals surface area (Å²) < 4.78 is 39.6. The average Bonchev–Trinajstić information content (AvgIpc) is 3.42. The highest BCUT2D eigenvalue weighted by molar-refractivity contribution is 7.99. The zero-order chi connectivity index (χ0) is 20.4. The van der Waals surface area contributed by atoms with Crippen LogP contribution in [0.4, 0.5) is 4.39 Å². The highest BCUT2D eigenvalue weighted by Gasteiger charge is 2.39. The molecule has 1 atom stereocenters. The second-order valence-electron chi connectivity index (χ2n) is 7.52. The Morgan fingerprint density at radius 3 is 2.66 bits per heavy atom. The first-order chi connectivity index (χ1) is 13.9. The lowest BCUT2D eigenvalue weighted by molar-refractivity contribution is -0.132. The van der Waals surface area contributed by atoms with Gasteiger partial charge in [-0.25, -0.2) is 12.8 Å². The van der Waals surface area contributed by atoms with Gasteiger partial charge in [-0.05, 0) is 31.4 Å². The van der Waals surface area contributed by atoms with Gasteiger partial charge in [-0.3, -0.25) is 9.36 Å². The fourth-order valence-corrected chi connectivity index (χ4v) is 6.72. The van der Waals surface area contributed by atoms with Crippen LogP contribution in [0.5, 0.6) is 0 Å². The van der Waals surface area contributed by atoms with E-state index in [0.717, 1.165) is 25.7 Å². The molecule has 0 spiro atoms. The molecule has 29 heavy (non-hydrogen) atoms. The summed E-state index contributed by atoms with van der Waals surface area (Å²) in [4.78, 5) is 14.9. The molecule has 1 aromatic heterocycles. The Balaban J connectivity index is 1.49. The second kappa shape index (κ2) is 8.43. The molecule has 1 saturated heterocycles. The lowest BCUT2D eigenvalue weighted by Gasteiger charge is -2.34. The van der Waals surface area contributed by atoms with Gasteiger partial charge in [0.15, 0.2) is 15.0 Å². The van der Waals surface area contributed by atoms with E-state index in [1.54, 1.807) is 18.2 Å². The fraction of sp³-hybridized carbons (Fsp3) is 0.526. The van der Waals surface area contributed by atoms with Crippen LogP contribution >= 0.6 is 11.8 Å². The molecule has 2 aromatic rings. The zero-order valence-corrected chi connectivity index (χ0v) is 17.5. The van der Waals surface area contributed by atoms with Gasteiger partial charge in [0.2, 0.25) is 5.91 Å². The Morgan fingerprint density at radius 2 is 1.97 bits per heavy atom. The van der Waals surface area contributed by atoms with Crippen molar-refractivity contribution in [3.05, 3.63) is 36.4 Å². The third-order valence-electron chi connectivity index (χ3n) is 5.56. The van der Waals surface area contributed by atoms with Crippen LogP contribution < -0.4 is 0 Å². The first-order valence-corrected chi connectivity index (χ1v) is 12.5. The van der Waals surface area contributed by atoms with Crippen LogP contribution in [0, 0.1) is 5.82 Å². The average molecular weight is 439 g/mol. The predicted molar refractivity (Wildman–Crippen MR) is 108 cm³/mol. The third-order valence-corrected chi connectivity index (χ3v) is 8.24. The van der Waals surface area contributed by atoms with E-state index in [1.807, 2.05) is 4.90 Å². The molecule has 2 fully saturated rings. The van der Waals surface area contributed by atoms with Crippen LogP contribution in [0.25, 0.3) is 5.69 Å². The molecule has 1 aromatic carbocycles. The van der Waals surface area contributed by atoms with Crippen LogP contribution in [0.15, 0.2) is 35.7 Å². The smallest absolute Gasteiger partial charge is 0.233 e. The molecule has 0 unspecified atom stereocenters. The van der Waals surface area contributed by atoms with Crippen molar-refractivity contribution in [2.24, 2.45) is 0 Å². The van der Waals surface area contributed by atoms with E-state index in [2.05, 4.69) is 10.2 Å². The van der Waals surface area contributed by atoms with Crippen molar-refractivity contribution in [1.82, 2.24) is 19.7 Å². The van der Waals surface area contributed by atoms with Gasteiger partial charge in [0.1, 0.15) is 12.1 Å². The van der Waals surface area contributed by atoms with Crippen molar-refractivity contribution < 1.29 is 17.6 Å². The molecule has 2 heterocycles. The standard InChI is InChI=1S/C19H23FN4O3S2/c20-16-7-3-4-8-17(16)23-13-21-22-19(23)28-11-18(25)24(14-5-1-2-6-14)15-9-10-29(26,27)12-15/h3-4,7-8,13-15H,1-2,5-6,9-12H2/t15-/m1/s1. The van der Waals surface area contributed by atoms with E-state index in [4.69, 9.17) is 0 Å². The zero-order valence-electron chi connectivity index (χ0n) is 15.9. The summed E-state index contributed by atoms with van der Waals surface area (Å²) in [6.07, 6.45) is 5.87. The minimum Gasteiger partial charge on any atom is -0.335 e. The normalized spacial score (nSPS) is 21.5. The molecule has 0 N–H and O–H groups in total. The van der Waals surface area contributed by atoms with Crippen LogP contribution in [0.2, 0.25) is 0 Å². The molecule has 1 aliphatic heterocycles. The van der Waals surface area contributed by atoms with Crippen LogP contribution in [-0.4, -0.2) is 63.3 Å². The summed E-state index contributed by atoms with van der Waals surface area (Å²) in [6, 6.07) is 6.16. The topological polar surface area (TPSA) is 85.2 Å². The summed E-state index contributed by atoms with van der Waals surface area (Å²) in [6.45, 7) is 0. The molecular weight excluding hydrogens is 415 g/mol. The van der Waals surface area contributed by atoms with Crippen LogP contribution in [0.1, 0.15) is 32.1 Å². The minimum absolute atomic E-state index is 0.0469. The Labute approximate surface area is 173 Å². The Bertz CT molecular complexity index is 989. The Hall–Kier alpha value is -1.94. The lowest BCUT2D eigenvalue weighted by Crippen LogP contribution is -2.47. The monoisotopic (exact) mass is 438 g/mol. The molecule has 0 radical (unpaired) electrons. The number of thioether (sulfide) groups is 1. The summed E-state index contributed by atoms with van der Waals surface area (Å²) in [5, 5.41) is 8.31. The fourth-order valence-electron chi connectivity index (χ4n) is 4.22. The maximum atomic E-state index is 14.1. The molecule has 2 aliphatic rings. The van der Waals surface area contributed by atoms with E-state index < -0.39 is 15.7 Å². The van der Waals surface area contributed by atoms with E-state index in [9.17, 15) is 17.6 Å². The number of hydrogen-bond acceptors (Lipinski definition) is 6. The number of para-hydroxylation sites is 1. The molecule has 10 heteroatoms. The molecular formula is C19H23FN4O3S2. The number of halogens is 1. The maximum absolute atomic E-state index is 14.1. The van der Waals surface area contributed by atoms with E-state index in [0.29, 0.717) is 17.3 Å². The number of sulfone groups is 1. The number of hydrogen-bond donors (Lipinski definition) is 0.